The summed E-state index contributed by atoms with van der Waals surface area (Å²) in [6.07, 6.45) is -1.57. The van der Waals surface area contributed by atoms with Gasteiger partial charge in [-0.2, -0.15) is 0 Å². The summed E-state index contributed by atoms with van der Waals surface area (Å²) in [4.78, 5) is 22.1. The summed E-state index contributed by atoms with van der Waals surface area (Å²) in [6, 6.07) is 0. The van der Waals surface area contributed by atoms with E-state index in [2.05, 4.69) is 0 Å². The van der Waals surface area contributed by atoms with Crippen LogP contribution in [0.25, 0.3) is 0 Å². The average Bonchev–Trinajstić information content (AvgIpc) is 1.98. The van der Waals surface area contributed by atoms with Gasteiger partial charge >= 0.3 is 0 Å². The van der Waals surface area contributed by atoms with E-state index in [9.17, 15) is 9.59 Å². The van der Waals surface area contributed by atoms with E-state index in [1.807, 2.05) is 0 Å². The first-order valence-corrected chi connectivity index (χ1v) is 3.68. The van der Waals surface area contributed by atoms with Gasteiger partial charge in [0.05, 0.1) is 6.61 Å². The number of carbonyl (C=O) groups is 2. The van der Waals surface area contributed by atoms with Gasteiger partial charge in [-0.25, -0.2) is 0 Å². The molecule has 0 aromatic heterocycles. The molecule has 0 bridgehead atoms. The molecular formula is C8H14O4. The Bertz CT molecular complexity index is 190. The van der Waals surface area contributed by atoms with E-state index in [0.717, 1.165) is 0 Å². The molecule has 0 aromatic carbocycles. The maximum Gasteiger partial charge on any atom is 0.229 e. The molecule has 1 atom stereocenters. The molecule has 1 unspecified atom stereocenters. The van der Waals surface area contributed by atoms with Crippen molar-refractivity contribution in [3.63, 3.8) is 0 Å². The smallest absolute Gasteiger partial charge is 0.229 e. The normalized spacial score (nSPS) is 14.1. The van der Waals surface area contributed by atoms with Gasteiger partial charge in [0.15, 0.2) is 0 Å². The van der Waals surface area contributed by atoms with Crippen LogP contribution in [0.15, 0.2) is 0 Å². The van der Waals surface area contributed by atoms with Crippen LogP contribution in [0.5, 0.6) is 0 Å². The van der Waals surface area contributed by atoms with Gasteiger partial charge < -0.3 is 10.2 Å². The Morgan fingerprint density at radius 1 is 1.33 bits per heavy atom. The molecule has 0 aliphatic rings. The van der Waals surface area contributed by atoms with Crippen molar-refractivity contribution >= 4 is 11.6 Å². The van der Waals surface area contributed by atoms with E-state index < -0.39 is 29.7 Å². The van der Waals surface area contributed by atoms with Crippen molar-refractivity contribution in [2.75, 3.05) is 6.61 Å². The minimum Gasteiger partial charge on any atom is -0.393 e. The van der Waals surface area contributed by atoms with Crippen molar-refractivity contribution in [3.05, 3.63) is 0 Å². The molecule has 0 saturated heterocycles. The number of aliphatic hydroxyl groups excluding tert-OH is 2. The van der Waals surface area contributed by atoms with Gasteiger partial charge in [-0.15, -0.1) is 0 Å². The van der Waals surface area contributed by atoms with Crippen LogP contribution in [0, 0.1) is 5.41 Å². The first kappa shape index (κ1) is 11.3. The zero-order valence-electron chi connectivity index (χ0n) is 7.50. The molecule has 0 heterocycles. The lowest BCUT2D eigenvalue weighted by Crippen LogP contribution is -2.38. The fraction of sp³-hybridized carbons (Fsp3) is 0.750. The molecular weight excluding hydrogens is 160 g/mol. The highest BCUT2D eigenvalue weighted by Crippen LogP contribution is 2.15. The Kier molecular flexibility index (Phi) is 3.55. The van der Waals surface area contributed by atoms with Crippen LogP contribution in [-0.4, -0.2) is 34.5 Å². The van der Waals surface area contributed by atoms with Gasteiger partial charge in [0.25, 0.3) is 0 Å². The topological polar surface area (TPSA) is 74.6 Å². The second-order valence-electron chi connectivity index (χ2n) is 3.64. The van der Waals surface area contributed by atoms with Crippen LogP contribution in [0.2, 0.25) is 0 Å². The number of Topliss-reactive ketones (excluding diaryl/α,β-unsaturated/α-hetero) is 2. The first-order valence-electron chi connectivity index (χ1n) is 3.68. The lowest BCUT2D eigenvalue weighted by molar-refractivity contribution is -0.146. The van der Waals surface area contributed by atoms with E-state index >= 15 is 0 Å². The number of carbonyl (C=O) groups excluding carboxylic acids is 2. The van der Waals surface area contributed by atoms with Crippen LogP contribution < -0.4 is 0 Å². The molecule has 0 amide bonds. The monoisotopic (exact) mass is 174 g/mol. The molecule has 4 heteroatoms. The Morgan fingerprint density at radius 2 is 1.75 bits per heavy atom. The van der Waals surface area contributed by atoms with Crippen LogP contribution in [0.4, 0.5) is 0 Å². The third-order valence-electron chi connectivity index (χ3n) is 1.38. The van der Waals surface area contributed by atoms with E-state index in [-0.39, 0.29) is 0 Å². The minimum atomic E-state index is -1.57. The molecule has 70 valence electrons. The Morgan fingerprint density at radius 3 is 2.00 bits per heavy atom. The van der Waals surface area contributed by atoms with Crippen molar-refractivity contribution in [1.29, 1.82) is 0 Å². The van der Waals surface area contributed by atoms with Gasteiger partial charge in [0.1, 0.15) is 6.10 Å². The number of aliphatic hydroxyl groups is 2. The highest BCUT2D eigenvalue weighted by atomic mass is 16.3. The van der Waals surface area contributed by atoms with Crippen molar-refractivity contribution in [2.45, 2.75) is 26.9 Å². The second kappa shape index (κ2) is 3.78. The maximum atomic E-state index is 11.1. The summed E-state index contributed by atoms with van der Waals surface area (Å²) in [5.41, 5.74) is -0.798. The van der Waals surface area contributed by atoms with E-state index in [1.54, 1.807) is 20.8 Å². The van der Waals surface area contributed by atoms with Crippen molar-refractivity contribution < 1.29 is 19.8 Å². The third kappa shape index (κ3) is 2.71. The van der Waals surface area contributed by atoms with Crippen molar-refractivity contribution in [1.82, 2.24) is 0 Å². The Balaban J connectivity index is 4.42. The molecule has 0 fully saturated rings. The highest BCUT2D eigenvalue weighted by molar-refractivity contribution is 6.40. The van der Waals surface area contributed by atoms with Gasteiger partial charge in [-0.1, -0.05) is 20.8 Å². The predicted octanol–water partition coefficient (Wildman–Crippen LogP) is -0.476. The highest BCUT2D eigenvalue weighted by Gasteiger charge is 2.31. The van der Waals surface area contributed by atoms with E-state index in [0.29, 0.717) is 0 Å². The molecule has 0 aromatic rings. The van der Waals surface area contributed by atoms with Gasteiger partial charge in [0, 0.05) is 5.41 Å². The summed E-state index contributed by atoms with van der Waals surface area (Å²) in [5, 5.41) is 17.2. The van der Waals surface area contributed by atoms with Crippen molar-refractivity contribution in [2.24, 2.45) is 5.41 Å². The molecule has 0 aliphatic carbocycles. The lowest BCUT2D eigenvalue weighted by atomic mass is 9.87. The minimum absolute atomic E-state index is 0.663. The zero-order valence-corrected chi connectivity index (χ0v) is 7.50. The first-order chi connectivity index (χ1) is 5.30. The maximum absolute atomic E-state index is 11.1. The Hall–Kier alpha value is -0.740. The summed E-state index contributed by atoms with van der Waals surface area (Å²) in [5.74, 6) is -1.59. The molecule has 0 spiro atoms. The summed E-state index contributed by atoms with van der Waals surface area (Å²) in [6.45, 7) is 4.03. The molecule has 0 radical (unpaired) electrons. The zero-order chi connectivity index (χ0) is 9.94. The molecule has 4 nitrogen and oxygen atoms in total. The number of ketones is 2. The van der Waals surface area contributed by atoms with Crippen molar-refractivity contribution in [3.8, 4) is 0 Å². The van der Waals surface area contributed by atoms with Gasteiger partial charge in [-0.3, -0.25) is 9.59 Å². The van der Waals surface area contributed by atoms with E-state index in [4.69, 9.17) is 10.2 Å². The summed E-state index contributed by atoms with van der Waals surface area (Å²) >= 11 is 0. The molecule has 0 saturated carbocycles. The molecule has 2 N–H and O–H groups in total. The fourth-order valence-electron chi connectivity index (χ4n) is 0.604. The standard InChI is InChI=1S/C8H14O4/c1-8(2,3)7(12)6(11)5(10)4-9/h5,9-10H,4H2,1-3H3. The quantitative estimate of drug-likeness (QED) is 0.567. The fourth-order valence-corrected chi connectivity index (χ4v) is 0.604. The number of rotatable bonds is 3. The second-order valence-corrected chi connectivity index (χ2v) is 3.64. The van der Waals surface area contributed by atoms with E-state index in [1.165, 1.54) is 0 Å². The van der Waals surface area contributed by atoms with Crippen LogP contribution in [-0.2, 0) is 9.59 Å². The SMILES string of the molecule is CC(C)(C)C(=O)C(=O)C(O)CO. The van der Waals surface area contributed by atoms with Gasteiger partial charge in [-0.05, 0) is 0 Å². The number of hydrogen-bond donors (Lipinski definition) is 2. The van der Waals surface area contributed by atoms with Crippen LogP contribution >= 0.6 is 0 Å². The molecule has 0 aliphatic heterocycles. The summed E-state index contributed by atoms with van der Waals surface area (Å²) < 4.78 is 0. The number of hydrogen-bond acceptors (Lipinski definition) is 4. The van der Waals surface area contributed by atoms with Crippen LogP contribution in [0.3, 0.4) is 0 Å². The largest absolute Gasteiger partial charge is 0.393 e. The predicted molar refractivity (Wildman–Crippen MR) is 42.6 cm³/mol. The third-order valence-corrected chi connectivity index (χ3v) is 1.38. The average molecular weight is 174 g/mol. The van der Waals surface area contributed by atoms with Crippen LogP contribution in [0.1, 0.15) is 20.8 Å². The lowest BCUT2D eigenvalue weighted by Gasteiger charge is -2.16. The Labute approximate surface area is 71.2 Å². The summed E-state index contributed by atoms with van der Waals surface area (Å²) in [7, 11) is 0. The van der Waals surface area contributed by atoms with Gasteiger partial charge in [0.2, 0.25) is 11.6 Å². The molecule has 0 rings (SSSR count). The molecule has 12 heavy (non-hydrogen) atoms.